The topological polar surface area (TPSA) is 67.4 Å². The molecule has 0 aliphatic carbocycles. The normalized spacial score (nSPS) is 11.0. The van der Waals surface area contributed by atoms with E-state index in [0.717, 1.165) is 6.42 Å². The van der Waals surface area contributed by atoms with Crippen LogP contribution in [-0.2, 0) is 11.8 Å². The summed E-state index contributed by atoms with van der Waals surface area (Å²) < 4.78 is 5.92. The third-order valence-corrected chi connectivity index (χ3v) is 6.04. The number of hydrogen-bond donors (Lipinski definition) is 2. The van der Waals surface area contributed by atoms with Crippen molar-refractivity contribution in [1.29, 1.82) is 0 Å². The third kappa shape index (κ3) is 7.07. The molecule has 0 bridgehead atoms. The number of anilines is 2. The van der Waals surface area contributed by atoms with Crippen LogP contribution in [0.15, 0.2) is 103 Å². The molecule has 0 saturated carbocycles. The van der Waals surface area contributed by atoms with E-state index < -0.39 is 0 Å². The number of hydrogen-bond acceptors (Lipinski definition) is 3. The summed E-state index contributed by atoms with van der Waals surface area (Å²) in [5.74, 6) is 0.0992. The van der Waals surface area contributed by atoms with E-state index in [1.54, 1.807) is 36.4 Å². The van der Waals surface area contributed by atoms with Gasteiger partial charge in [-0.05, 0) is 65.1 Å². The number of para-hydroxylation sites is 1. The van der Waals surface area contributed by atoms with E-state index in [-0.39, 0.29) is 17.2 Å². The summed E-state index contributed by atoms with van der Waals surface area (Å²) in [6, 6.07) is 32.0. The zero-order chi connectivity index (χ0) is 26.3. The molecule has 5 nitrogen and oxygen atoms in total. The average Bonchev–Trinajstić information content (AvgIpc) is 2.90. The highest BCUT2D eigenvalue weighted by Crippen LogP contribution is 2.23. The molecule has 4 aromatic rings. The number of nitrogens with one attached hydrogen (secondary N) is 2. The van der Waals surface area contributed by atoms with E-state index in [2.05, 4.69) is 43.5 Å². The van der Waals surface area contributed by atoms with Gasteiger partial charge in [0.15, 0.2) is 0 Å². The predicted octanol–water partition coefficient (Wildman–Crippen LogP) is 7.11. The van der Waals surface area contributed by atoms with Crippen LogP contribution in [0.5, 0.6) is 5.75 Å². The van der Waals surface area contributed by atoms with Crippen LogP contribution >= 0.6 is 0 Å². The average molecular weight is 493 g/mol. The zero-order valence-electron chi connectivity index (χ0n) is 21.5. The third-order valence-electron chi connectivity index (χ3n) is 6.04. The molecule has 0 aliphatic heterocycles. The second-order valence-electron chi connectivity index (χ2n) is 9.89. The van der Waals surface area contributed by atoms with Gasteiger partial charge in [-0.2, -0.15) is 0 Å². The number of ether oxygens (including phenoxy) is 1. The summed E-state index contributed by atoms with van der Waals surface area (Å²) in [6.45, 7) is 6.89. The molecule has 5 heteroatoms. The molecule has 4 rings (SSSR count). The van der Waals surface area contributed by atoms with Gasteiger partial charge in [-0.25, -0.2) is 0 Å². The fourth-order valence-corrected chi connectivity index (χ4v) is 3.86. The lowest BCUT2D eigenvalue weighted by atomic mass is 9.87. The minimum atomic E-state index is -0.258. The summed E-state index contributed by atoms with van der Waals surface area (Å²) in [7, 11) is 0. The molecule has 0 aromatic heterocycles. The number of benzene rings is 4. The Balaban J connectivity index is 1.34. The van der Waals surface area contributed by atoms with E-state index >= 15 is 0 Å². The fourth-order valence-electron chi connectivity index (χ4n) is 3.86. The smallest absolute Gasteiger partial charge is 0.259 e. The molecule has 0 heterocycles. The summed E-state index contributed by atoms with van der Waals surface area (Å²) in [5.41, 5.74) is 4.71. The van der Waals surface area contributed by atoms with Gasteiger partial charge in [-0.15, -0.1) is 0 Å². The first-order valence-corrected chi connectivity index (χ1v) is 12.4. The molecular formula is C32H32N2O3. The molecule has 2 N–H and O–H groups in total. The van der Waals surface area contributed by atoms with Gasteiger partial charge in [-0.3, -0.25) is 9.59 Å². The quantitative estimate of drug-likeness (QED) is 0.275. The molecular weight excluding hydrogens is 460 g/mol. The molecule has 4 aromatic carbocycles. The van der Waals surface area contributed by atoms with Crippen molar-refractivity contribution >= 4 is 23.2 Å². The maximum Gasteiger partial charge on any atom is 0.259 e. The van der Waals surface area contributed by atoms with Crippen molar-refractivity contribution in [2.24, 2.45) is 0 Å². The van der Waals surface area contributed by atoms with Crippen molar-refractivity contribution in [2.45, 2.75) is 32.6 Å². The van der Waals surface area contributed by atoms with E-state index in [4.69, 9.17) is 4.74 Å². The van der Waals surface area contributed by atoms with Crippen LogP contribution < -0.4 is 15.4 Å². The standard InChI is InChI=1S/C32H32N2O3/c1-32(2,3)25-15-13-24(14-16-25)30(35)33-26-17-19-27(20-18-26)34-31(36)28-11-7-8-12-29(28)37-22-21-23-9-5-4-6-10-23/h4-20H,21-22H2,1-3H3,(H,33,35)(H,34,36). The number of carbonyl (C=O) groups excluding carboxylic acids is 2. The zero-order valence-corrected chi connectivity index (χ0v) is 21.5. The summed E-state index contributed by atoms with van der Waals surface area (Å²) in [4.78, 5) is 25.6. The molecule has 0 saturated heterocycles. The van der Waals surface area contributed by atoms with Crippen LogP contribution in [-0.4, -0.2) is 18.4 Å². The highest BCUT2D eigenvalue weighted by Gasteiger charge is 2.15. The van der Waals surface area contributed by atoms with Gasteiger partial charge in [-0.1, -0.05) is 75.4 Å². The Morgan fingerprint density at radius 1 is 0.676 bits per heavy atom. The van der Waals surface area contributed by atoms with Gasteiger partial charge in [0.25, 0.3) is 11.8 Å². The molecule has 2 amide bonds. The molecule has 37 heavy (non-hydrogen) atoms. The number of amides is 2. The van der Waals surface area contributed by atoms with Crippen molar-refractivity contribution in [3.63, 3.8) is 0 Å². The van der Waals surface area contributed by atoms with Crippen LogP contribution in [0.4, 0.5) is 11.4 Å². The summed E-state index contributed by atoms with van der Waals surface area (Å²) in [6.07, 6.45) is 0.755. The highest BCUT2D eigenvalue weighted by atomic mass is 16.5. The molecule has 0 unspecified atom stereocenters. The summed E-state index contributed by atoms with van der Waals surface area (Å²) in [5, 5.41) is 5.81. The van der Waals surface area contributed by atoms with Gasteiger partial charge in [0.05, 0.1) is 12.2 Å². The summed E-state index contributed by atoms with van der Waals surface area (Å²) >= 11 is 0. The van der Waals surface area contributed by atoms with E-state index in [9.17, 15) is 9.59 Å². The Kier molecular flexibility index (Phi) is 8.04. The first kappa shape index (κ1) is 25.7. The maximum atomic E-state index is 13.0. The van der Waals surface area contributed by atoms with Crippen LogP contribution in [0.1, 0.15) is 52.6 Å². The molecule has 0 fully saturated rings. The SMILES string of the molecule is CC(C)(C)c1ccc(C(=O)Nc2ccc(NC(=O)c3ccccc3OCCc3ccccc3)cc2)cc1. The van der Waals surface area contributed by atoms with E-state index in [1.165, 1.54) is 11.1 Å². The minimum absolute atomic E-state index is 0.0318. The van der Waals surface area contributed by atoms with E-state index in [1.807, 2.05) is 54.6 Å². The van der Waals surface area contributed by atoms with Crippen LogP contribution in [0, 0.1) is 0 Å². The van der Waals surface area contributed by atoms with Crippen molar-refractivity contribution < 1.29 is 14.3 Å². The van der Waals surface area contributed by atoms with Crippen LogP contribution in [0.3, 0.4) is 0 Å². The van der Waals surface area contributed by atoms with Gasteiger partial charge in [0.2, 0.25) is 0 Å². The Morgan fingerprint density at radius 2 is 1.24 bits per heavy atom. The van der Waals surface area contributed by atoms with Crippen molar-refractivity contribution in [1.82, 2.24) is 0 Å². The van der Waals surface area contributed by atoms with Crippen molar-refractivity contribution in [2.75, 3.05) is 17.2 Å². The molecule has 188 valence electrons. The first-order chi connectivity index (χ1) is 17.8. The largest absolute Gasteiger partial charge is 0.492 e. The number of rotatable bonds is 8. The highest BCUT2D eigenvalue weighted by molar-refractivity contribution is 6.07. The first-order valence-electron chi connectivity index (χ1n) is 12.4. The minimum Gasteiger partial charge on any atom is -0.492 e. The second-order valence-corrected chi connectivity index (χ2v) is 9.89. The molecule has 0 spiro atoms. The van der Waals surface area contributed by atoms with Gasteiger partial charge in [0.1, 0.15) is 5.75 Å². The van der Waals surface area contributed by atoms with Gasteiger partial charge in [0, 0.05) is 23.4 Å². The Labute approximate surface area is 218 Å². The Morgan fingerprint density at radius 3 is 1.86 bits per heavy atom. The lowest BCUT2D eigenvalue weighted by Crippen LogP contribution is -2.15. The number of carbonyl (C=O) groups is 2. The second kappa shape index (κ2) is 11.6. The maximum absolute atomic E-state index is 13.0. The van der Waals surface area contributed by atoms with Crippen LogP contribution in [0.25, 0.3) is 0 Å². The van der Waals surface area contributed by atoms with Crippen molar-refractivity contribution in [3.05, 3.63) is 125 Å². The molecule has 0 aliphatic rings. The van der Waals surface area contributed by atoms with Crippen LogP contribution in [0.2, 0.25) is 0 Å². The van der Waals surface area contributed by atoms with Crippen molar-refractivity contribution in [3.8, 4) is 5.75 Å². The monoisotopic (exact) mass is 492 g/mol. The van der Waals surface area contributed by atoms with Gasteiger partial charge >= 0.3 is 0 Å². The van der Waals surface area contributed by atoms with E-state index in [0.29, 0.717) is 34.9 Å². The lowest BCUT2D eigenvalue weighted by Gasteiger charge is -2.19. The predicted molar refractivity (Wildman–Crippen MR) is 150 cm³/mol. The lowest BCUT2D eigenvalue weighted by molar-refractivity contribution is 0.101. The Hall–Kier alpha value is -4.38. The fraction of sp³-hybridized carbons (Fsp3) is 0.188. The molecule has 0 atom stereocenters. The van der Waals surface area contributed by atoms with Gasteiger partial charge < -0.3 is 15.4 Å². The Bertz CT molecular complexity index is 1340. The molecule has 0 radical (unpaired) electrons.